The van der Waals surface area contributed by atoms with Crippen molar-refractivity contribution in [2.45, 2.75) is 26.7 Å². The maximum Gasteiger partial charge on any atom is 0.313 e. The number of Topliss-reactive ketones (excluding diaryl/α,β-unsaturated/α-hetero) is 1. The Bertz CT molecular complexity index is 383. The summed E-state index contributed by atoms with van der Waals surface area (Å²) < 4.78 is 4.71. The lowest BCUT2D eigenvalue weighted by Crippen LogP contribution is -2.12. The lowest BCUT2D eigenvalue weighted by atomic mass is 10.1. The van der Waals surface area contributed by atoms with E-state index in [1.807, 2.05) is 31.2 Å². The van der Waals surface area contributed by atoms with Gasteiger partial charge in [-0.15, -0.1) is 0 Å². The van der Waals surface area contributed by atoms with Crippen LogP contribution in [0.4, 0.5) is 0 Å². The highest BCUT2D eigenvalue weighted by molar-refractivity contribution is 5.96. The normalized spacial score (nSPS) is 9.88. The molecular weight excluding hydrogens is 204 g/mol. The Morgan fingerprint density at radius 1 is 1.31 bits per heavy atom. The molecule has 0 aliphatic rings. The highest BCUT2D eigenvalue weighted by Crippen LogP contribution is 2.06. The highest BCUT2D eigenvalue weighted by atomic mass is 16.5. The average molecular weight is 220 g/mol. The first-order valence-corrected chi connectivity index (χ1v) is 5.34. The minimum absolute atomic E-state index is 0.107. The Morgan fingerprint density at radius 3 is 2.69 bits per heavy atom. The molecule has 1 aromatic carbocycles. The van der Waals surface area contributed by atoms with Gasteiger partial charge < -0.3 is 4.74 Å². The predicted molar refractivity (Wildman–Crippen MR) is 61.1 cm³/mol. The number of rotatable bonds is 5. The van der Waals surface area contributed by atoms with Gasteiger partial charge >= 0.3 is 5.97 Å². The molecule has 0 aromatic heterocycles. The van der Waals surface area contributed by atoms with Gasteiger partial charge in [-0.3, -0.25) is 9.59 Å². The number of hydrogen-bond donors (Lipinski definition) is 0. The number of ketones is 1. The molecule has 0 saturated heterocycles. The zero-order valence-electron chi connectivity index (χ0n) is 9.66. The number of esters is 1. The maximum absolute atomic E-state index is 11.5. The van der Waals surface area contributed by atoms with Crippen LogP contribution in [0, 0.1) is 6.92 Å². The molecule has 1 aromatic rings. The number of hydrogen-bond acceptors (Lipinski definition) is 3. The Balaban J connectivity index is 2.48. The molecular formula is C13H16O3. The van der Waals surface area contributed by atoms with E-state index in [1.54, 1.807) is 6.92 Å². The molecule has 0 aliphatic carbocycles. The first-order valence-electron chi connectivity index (χ1n) is 5.34. The van der Waals surface area contributed by atoms with Gasteiger partial charge in [-0.2, -0.15) is 0 Å². The van der Waals surface area contributed by atoms with Crippen molar-refractivity contribution in [1.82, 2.24) is 0 Å². The van der Waals surface area contributed by atoms with E-state index in [4.69, 9.17) is 4.74 Å². The van der Waals surface area contributed by atoms with E-state index in [1.165, 1.54) is 0 Å². The van der Waals surface area contributed by atoms with E-state index >= 15 is 0 Å². The topological polar surface area (TPSA) is 43.4 Å². The largest absolute Gasteiger partial charge is 0.466 e. The molecule has 16 heavy (non-hydrogen) atoms. The fraction of sp³-hybridized carbons (Fsp3) is 0.385. The average Bonchev–Trinajstić information content (AvgIpc) is 2.17. The summed E-state index contributed by atoms with van der Waals surface area (Å²) in [6, 6.07) is 7.71. The van der Waals surface area contributed by atoms with E-state index < -0.39 is 5.97 Å². The molecule has 0 bridgehead atoms. The molecule has 0 atom stereocenters. The van der Waals surface area contributed by atoms with Gasteiger partial charge in [0.2, 0.25) is 0 Å². The van der Waals surface area contributed by atoms with Crippen LogP contribution in [0.2, 0.25) is 0 Å². The Morgan fingerprint density at radius 2 is 2.06 bits per heavy atom. The molecule has 0 amide bonds. The predicted octanol–water partition coefficient (Wildman–Crippen LogP) is 2.06. The number of carbonyl (C=O) groups is 2. The van der Waals surface area contributed by atoms with Crippen LogP contribution < -0.4 is 0 Å². The zero-order valence-corrected chi connectivity index (χ0v) is 9.66. The molecule has 0 spiro atoms. The molecule has 86 valence electrons. The summed E-state index contributed by atoms with van der Waals surface area (Å²) in [5.41, 5.74) is 2.05. The van der Waals surface area contributed by atoms with Crippen LogP contribution in [0.15, 0.2) is 24.3 Å². The minimum atomic E-state index is -0.444. The third-order valence-electron chi connectivity index (χ3n) is 2.13. The van der Waals surface area contributed by atoms with Crippen LogP contribution in [0.5, 0.6) is 0 Å². The third-order valence-corrected chi connectivity index (χ3v) is 2.13. The van der Waals surface area contributed by atoms with Gasteiger partial charge in [0, 0.05) is 6.42 Å². The summed E-state index contributed by atoms with van der Waals surface area (Å²) in [6.07, 6.45) is 0.155. The lowest BCUT2D eigenvalue weighted by molar-refractivity contribution is -0.145. The van der Waals surface area contributed by atoms with Gasteiger partial charge in [-0.25, -0.2) is 0 Å². The number of ether oxygens (including phenoxy) is 1. The highest BCUT2D eigenvalue weighted by Gasteiger charge is 2.10. The summed E-state index contributed by atoms with van der Waals surface area (Å²) in [6.45, 7) is 4.01. The first kappa shape index (κ1) is 12.4. The van der Waals surface area contributed by atoms with Gasteiger partial charge in [-0.1, -0.05) is 29.8 Å². The van der Waals surface area contributed by atoms with Gasteiger partial charge in [0.15, 0.2) is 0 Å². The molecule has 3 nitrogen and oxygen atoms in total. The molecule has 0 unspecified atom stereocenters. The summed E-state index contributed by atoms with van der Waals surface area (Å²) in [5, 5.41) is 0. The second-order valence-electron chi connectivity index (χ2n) is 3.69. The van der Waals surface area contributed by atoms with Crippen molar-refractivity contribution in [3.8, 4) is 0 Å². The van der Waals surface area contributed by atoms with Crippen LogP contribution in [-0.4, -0.2) is 18.4 Å². The minimum Gasteiger partial charge on any atom is -0.466 e. The molecule has 0 fully saturated rings. The second kappa shape index (κ2) is 6.05. The maximum atomic E-state index is 11.5. The van der Waals surface area contributed by atoms with Crippen molar-refractivity contribution in [2.75, 3.05) is 6.61 Å². The second-order valence-corrected chi connectivity index (χ2v) is 3.69. The fourth-order valence-corrected chi connectivity index (χ4v) is 1.49. The van der Waals surface area contributed by atoms with E-state index in [0.717, 1.165) is 11.1 Å². The van der Waals surface area contributed by atoms with E-state index in [2.05, 4.69) is 0 Å². The van der Waals surface area contributed by atoms with Crippen LogP contribution >= 0.6 is 0 Å². The molecule has 0 N–H and O–H groups in total. The summed E-state index contributed by atoms with van der Waals surface area (Å²) in [7, 11) is 0. The fourth-order valence-electron chi connectivity index (χ4n) is 1.49. The first-order chi connectivity index (χ1) is 7.61. The Hall–Kier alpha value is -1.64. The van der Waals surface area contributed by atoms with Crippen LogP contribution in [-0.2, 0) is 20.7 Å². The van der Waals surface area contributed by atoms with Crippen molar-refractivity contribution in [3.63, 3.8) is 0 Å². The summed E-state index contributed by atoms with van der Waals surface area (Å²) in [4.78, 5) is 22.6. The van der Waals surface area contributed by atoms with Crippen molar-refractivity contribution < 1.29 is 14.3 Å². The van der Waals surface area contributed by atoms with E-state index in [0.29, 0.717) is 13.0 Å². The number of benzene rings is 1. The molecule has 0 heterocycles. The number of carbonyl (C=O) groups excluding carboxylic acids is 2. The van der Waals surface area contributed by atoms with E-state index in [9.17, 15) is 9.59 Å². The lowest BCUT2D eigenvalue weighted by Gasteiger charge is -2.02. The molecule has 3 heteroatoms. The van der Waals surface area contributed by atoms with Crippen molar-refractivity contribution in [2.24, 2.45) is 0 Å². The third kappa shape index (κ3) is 4.26. The smallest absolute Gasteiger partial charge is 0.313 e. The SMILES string of the molecule is CCOC(=O)CC(=O)Cc1cccc(C)c1. The van der Waals surface area contributed by atoms with Crippen molar-refractivity contribution in [3.05, 3.63) is 35.4 Å². The van der Waals surface area contributed by atoms with Gasteiger partial charge in [0.05, 0.1) is 6.61 Å². The molecule has 0 radical (unpaired) electrons. The Kier molecular flexibility index (Phi) is 4.70. The Labute approximate surface area is 95.4 Å². The molecule has 1 rings (SSSR count). The van der Waals surface area contributed by atoms with Gasteiger partial charge in [-0.05, 0) is 19.4 Å². The zero-order chi connectivity index (χ0) is 12.0. The van der Waals surface area contributed by atoms with Gasteiger partial charge in [0.25, 0.3) is 0 Å². The summed E-state index contributed by atoms with van der Waals surface area (Å²) in [5.74, 6) is -0.552. The van der Waals surface area contributed by atoms with Crippen molar-refractivity contribution >= 4 is 11.8 Å². The number of aryl methyl sites for hydroxylation is 1. The van der Waals surface area contributed by atoms with Gasteiger partial charge in [0.1, 0.15) is 12.2 Å². The standard InChI is InChI=1S/C13H16O3/c1-3-16-13(15)9-12(14)8-11-6-4-5-10(2)7-11/h4-7H,3,8-9H2,1-2H3. The quantitative estimate of drug-likeness (QED) is 0.563. The van der Waals surface area contributed by atoms with Crippen LogP contribution in [0.3, 0.4) is 0 Å². The van der Waals surface area contributed by atoms with Crippen LogP contribution in [0.1, 0.15) is 24.5 Å². The van der Waals surface area contributed by atoms with E-state index in [-0.39, 0.29) is 12.2 Å². The molecule has 0 aliphatic heterocycles. The van der Waals surface area contributed by atoms with Crippen molar-refractivity contribution in [1.29, 1.82) is 0 Å². The van der Waals surface area contributed by atoms with Crippen LogP contribution in [0.25, 0.3) is 0 Å². The summed E-state index contributed by atoms with van der Waals surface area (Å²) >= 11 is 0. The monoisotopic (exact) mass is 220 g/mol. The molecule has 0 saturated carbocycles.